The summed E-state index contributed by atoms with van der Waals surface area (Å²) in [5.41, 5.74) is 7.82. The summed E-state index contributed by atoms with van der Waals surface area (Å²) in [5.74, 6) is 0.515. The van der Waals surface area contributed by atoms with E-state index in [1.165, 1.54) is 5.56 Å². The minimum atomic E-state index is 0.515. The van der Waals surface area contributed by atoms with Crippen molar-refractivity contribution in [2.75, 3.05) is 6.54 Å². The minimum Gasteiger partial charge on any atom is -0.449 e. The topological polar surface area (TPSA) is 39.2 Å². The predicted octanol–water partition coefficient (Wildman–Crippen LogP) is 3.33. The predicted molar refractivity (Wildman–Crippen MR) is 65.8 cm³/mol. The van der Waals surface area contributed by atoms with Gasteiger partial charge in [0.15, 0.2) is 4.67 Å². The molecule has 15 heavy (non-hydrogen) atoms. The average molecular weight is 268 g/mol. The van der Waals surface area contributed by atoms with Crippen LogP contribution in [0.15, 0.2) is 33.4 Å². The second kappa shape index (κ2) is 4.37. The second-order valence-corrected chi connectivity index (χ2v) is 4.75. The normalized spacial score (nSPS) is 13.3. The van der Waals surface area contributed by atoms with Crippen molar-refractivity contribution >= 4 is 26.9 Å². The zero-order chi connectivity index (χ0) is 10.8. The van der Waals surface area contributed by atoms with Crippen molar-refractivity contribution in [1.29, 1.82) is 0 Å². The largest absolute Gasteiger partial charge is 0.449 e. The monoisotopic (exact) mass is 267 g/mol. The molecule has 1 aromatic carbocycles. The summed E-state index contributed by atoms with van der Waals surface area (Å²) in [5, 5.41) is 1.13. The van der Waals surface area contributed by atoms with Crippen LogP contribution in [-0.2, 0) is 6.42 Å². The Kier molecular flexibility index (Phi) is 3.12. The first-order chi connectivity index (χ1) is 7.19. The number of rotatable bonds is 3. The third kappa shape index (κ3) is 2.41. The van der Waals surface area contributed by atoms with Gasteiger partial charge in [-0.15, -0.1) is 0 Å². The highest BCUT2D eigenvalue weighted by molar-refractivity contribution is 9.10. The summed E-state index contributed by atoms with van der Waals surface area (Å²) >= 11 is 3.33. The van der Waals surface area contributed by atoms with Crippen molar-refractivity contribution in [3.8, 4) is 0 Å². The lowest BCUT2D eigenvalue weighted by Crippen LogP contribution is -2.12. The summed E-state index contributed by atoms with van der Waals surface area (Å²) in [4.78, 5) is 0. The van der Waals surface area contributed by atoms with E-state index in [1.54, 1.807) is 0 Å². The molecule has 1 atom stereocenters. The van der Waals surface area contributed by atoms with E-state index in [4.69, 9.17) is 10.2 Å². The molecule has 2 rings (SSSR count). The molecule has 0 amide bonds. The van der Waals surface area contributed by atoms with E-state index in [2.05, 4.69) is 41.1 Å². The highest BCUT2D eigenvalue weighted by Crippen LogP contribution is 2.24. The summed E-state index contributed by atoms with van der Waals surface area (Å²) in [6.45, 7) is 2.88. The lowest BCUT2D eigenvalue weighted by molar-refractivity contribution is 0.580. The molecule has 0 radical (unpaired) electrons. The van der Waals surface area contributed by atoms with Crippen molar-refractivity contribution in [2.45, 2.75) is 13.3 Å². The number of halogens is 1. The first kappa shape index (κ1) is 10.7. The van der Waals surface area contributed by atoms with Gasteiger partial charge in [0.25, 0.3) is 0 Å². The van der Waals surface area contributed by atoms with Gasteiger partial charge >= 0.3 is 0 Å². The Hall–Kier alpha value is -0.800. The van der Waals surface area contributed by atoms with E-state index in [1.807, 2.05) is 6.07 Å². The van der Waals surface area contributed by atoms with Gasteiger partial charge < -0.3 is 10.2 Å². The van der Waals surface area contributed by atoms with E-state index < -0.39 is 0 Å². The van der Waals surface area contributed by atoms with Gasteiger partial charge in [-0.05, 0) is 52.5 Å². The summed E-state index contributed by atoms with van der Waals surface area (Å²) in [7, 11) is 0. The van der Waals surface area contributed by atoms with Crippen molar-refractivity contribution in [1.82, 2.24) is 0 Å². The SMILES string of the molecule is CC(CN)Cc1ccc2cc(Br)oc2c1. The Labute approximate surface area is 97.6 Å². The quantitative estimate of drug-likeness (QED) is 0.927. The Morgan fingerprint density at radius 2 is 2.20 bits per heavy atom. The zero-order valence-corrected chi connectivity index (χ0v) is 10.3. The number of nitrogens with two attached hydrogens (primary N) is 1. The van der Waals surface area contributed by atoms with Crippen LogP contribution in [0.25, 0.3) is 11.0 Å². The number of fused-ring (bicyclic) bond motifs is 1. The zero-order valence-electron chi connectivity index (χ0n) is 8.66. The van der Waals surface area contributed by atoms with Crippen LogP contribution in [0.3, 0.4) is 0 Å². The Balaban J connectivity index is 2.30. The third-order valence-corrected chi connectivity index (χ3v) is 2.93. The van der Waals surface area contributed by atoms with Gasteiger partial charge in [0.05, 0.1) is 0 Å². The summed E-state index contributed by atoms with van der Waals surface area (Å²) in [6, 6.07) is 8.29. The van der Waals surface area contributed by atoms with Crippen LogP contribution in [0.5, 0.6) is 0 Å². The second-order valence-electron chi connectivity index (χ2n) is 3.97. The molecule has 1 unspecified atom stereocenters. The first-order valence-corrected chi connectivity index (χ1v) is 5.86. The fourth-order valence-corrected chi connectivity index (χ4v) is 2.08. The van der Waals surface area contributed by atoms with Gasteiger partial charge in [-0.1, -0.05) is 19.1 Å². The van der Waals surface area contributed by atoms with Gasteiger partial charge in [-0.3, -0.25) is 0 Å². The van der Waals surface area contributed by atoms with E-state index >= 15 is 0 Å². The van der Waals surface area contributed by atoms with Crippen LogP contribution in [0.4, 0.5) is 0 Å². The average Bonchev–Trinajstić information content (AvgIpc) is 2.57. The van der Waals surface area contributed by atoms with E-state index in [-0.39, 0.29) is 0 Å². The maximum atomic E-state index is 5.61. The van der Waals surface area contributed by atoms with Gasteiger partial charge in [-0.2, -0.15) is 0 Å². The fraction of sp³-hybridized carbons (Fsp3) is 0.333. The van der Waals surface area contributed by atoms with Crippen LogP contribution >= 0.6 is 15.9 Å². The Bertz CT molecular complexity index is 464. The van der Waals surface area contributed by atoms with E-state index in [9.17, 15) is 0 Å². The molecule has 3 heteroatoms. The number of furan rings is 1. The molecule has 0 fully saturated rings. The summed E-state index contributed by atoms with van der Waals surface area (Å²) < 4.78 is 6.29. The lowest BCUT2D eigenvalue weighted by atomic mass is 10.0. The van der Waals surface area contributed by atoms with Crippen molar-refractivity contribution in [2.24, 2.45) is 11.7 Å². The van der Waals surface area contributed by atoms with Crippen LogP contribution in [0.2, 0.25) is 0 Å². The Morgan fingerprint density at radius 3 is 2.93 bits per heavy atom. The van der Waals surface area contributed by atoms with Crippen LogP contribution < -0.4 is 5.73 Å². The van der Waals surface area contributed by atoms with Crippen molar-refractivity contribution < 1.29 is 4.42 Å². The molecule has 2 aromatic rings. The molecule has 0 aliphatic carbocycles. The number of benzene rings is 1. The van der Waals surface area contributed by atoms with Gasteiger partial charge in [-0.25, -0.2) is 0 Å². The summed E-state index contributed by atoms with van der Waals surface area (Å²) in [6.07, 6.45) is 1.00. The van der Waals surface area contributed by atoms with E-state index in [0.29, 0.717) is 5.92 Å². The molecular formula is C12H14BrNO. The number of hydrogen-bond donors (Lipinski definition) is 1. The van der Waals surface area contributed by atoms with Gasteiger partial charge in [0.2, 0.25) is 0 Å². The molecule has 2 nitrogen and oxygen atoms in total. The molecule has 0 aliphatic heterocycles. The Morgan fingerprint density at radius 1 is 1.40 bits per heavy atom. The van der Waals surface area contributed by atoms with Crippen LogP contribution in [0, 0.1) is 5.92 Å². The highest BCUT2D eigenvalue weighted by Gasteiger charge is 2.05. The standard InChI is InChI=1S/C12H14BrNO/c1-8(7-14)4-9-2-3-10-6-12(13)15-11(10)5-9/h2-3,5-6,8H,4,7,14H2,1H3. The smallest absolute Gasteiger partial charge is 0.170 e. The molecule has 1 heterocycles. The fourth-order valence-electron chi connectivity index (χ4n) is 1.66. The maximum Gasteiger partial charge on any atom is 0.170 e. The van der Waals surface area contributed by atoms with Crippen LogP contribution in [-0.4, -0.2) is 6.54 Å². The molecule has 2 N–H and O–H groups in total. The van der Waals surface area contributed by atoms with Crippen molar-refractivity contribution in [3.05, 3.63) is 34.5 Å². The highest BCUT2D eigenvalue weighted by atomic mass is 79.9. The van der Waals surface area contributed by atoms with Crippen LogP contribution in [0.1, 0.15) is 12.5 Å². The molecule has 1 aromatic heterocycles. The van der Waals surface area contributed by atoms with Gasteiger partial charge in [0.1, 0.15) is 5.58 Å². The minimum absolute atomic E-state index is 0.515. The molecule has 80 valence electrons. The molecule has 0 aliphatic rings. The van der Waals surface area contributed by atoms with E-state index in [0.717, 1.165) is 28.6 Å². The maximum absolute atomic E-state index is 5.61. The number of hydrogen-bond acceptors (Lipinski definition) is 2. The first-order valence-electron chi connectivity index (χ1n) is 5.07. The molecule has 0 bridgehead atoms. The molecule has 0 saturated heterocycles. The lowest BCUT2D eigenvalue weighted by Gasteiger charge is -2.07. The molecular weight excluding hydrogens is 254 g/mol. The third-order valence-electron chi connectivity index (χ3n) is 2.54. The van der Waals surface area contributed by atoms with Crippen molar-refractivity contribution in [3.63, 3.8) is 0 Å². The molecule has 0 spiro atoms. The molecule has 0 saturated carbocycles. The van der Waals surface area contributed by atoms with Gasteiger partial charge in [0, 0.05) is 5.39 Å².